The minimum Gasteiger partial charge on any atom is -0.467 e. The number of carbonyl (C=O) groups excluding carboxylic acids is 1. The van der Waals surface area contributed by atoms with E-state index in [-0.39, 0.29) is 17.9 Å². The molecule has 1 amide bonds. The van der Waals surface area contributed by atoms with E-state index in [0.717, 1.165) is 5.57 Å². The molecule has 0 saturated heterocycles. The van der Waals surface area contributed by atoms with Gasteiger partial charge in [-0.25, -0.2) is 0 Å². The van der Waals surface area contributed by atoms with Gasteiger partial charge >= 0.3 is 0 Å². The lowest BCUT2D eigenvalue weighted by Gasteiger charge is -2.20. The Morgan fingerprint density at radius 1 is 1.56 bits per heavy atom. The van der Waals surface area contributed by atoms with Gasteiger partial charge in [0.2, 0.25) is 5.91 Å². The first-order chi connectivity index (χ1) is 8.34. The maximum Gasteiger partial charge on any atom is 0.244 e. The first-order valence-corrected chi connectivity index (χ1v) is 5.98. The van der Waals surface area contributed by atoms with Crippen molar-refractivity contribution >= 4 is 5.91 Å². The van der Waals surface area contributed by atoms with E-state index >= 15 is 0 Å². The molecular weight excluding hydrogens is 230 g/mol. The third kappa shape index (κ3) is 4.04. The van der Waals surface area contributed by atoms with Crippen LogP contribution in [0.25, 0.3) is 0 Å². The molecule has 0 aliphatic rings. The van der Waals surface area contributed by atoms with E-state index < -0.39 is 6.04 Å². The first kappa shape index (κ1) is 14.5. The Morgan fingerprint density at radius 3 is 2.67 bits per heavy atom. The molecule has 1 aromatic heterocycles. The van der Waals surface area contributed by atoms with Gasteiger partial charge in [0, 0.05) is 6.08 Å². The fraction of sp³-hybridized carbons (Fsp3) is 0.500. The molecule has 1 heterocycles. The van der Waals surface area contributed by atoms with Gasteiger partial charge < -0.3 is 14.8 Å². The van der Waals surface area contributed by atoms with Crippen LogP contribution >= 0.6 is 0 Å². The van der Waals surface area contributed by atoms with Crippen LogP contribution in [0.15, 0.2) is 34.5 Å². The first-order valence-electron chi connectivity index (χ1n) is 5.98. The third-order valence-corrected chi connectivity index (χ3v) is 2.92. The molecule has 0 radical (unpaired) electrons. The molecule has 4 nitrogen and oxygen atoms in total. The zero-order valence-corrected chi connectivity index (χ0v) is 11.4. The highest BCUT2D eigenvalue weighted by molar-refractivity contribution is 5.88. The van der Waals surface area contributed by atoms with Gasteiger partial charge in [0.1, 0.15) is 11.8 Å². The molecule has 0 saturated carbocycles. The van der Waals surface area contributed by atoms with Gasteiger partial charge in [-0.1, -0.05) is 26.3 Å². The van der Waals surface area contributed by atoms with Crippen molar-refractivity contribution in [1.29, 1.82) is 0 Å². The third-order valence-electron chi connectivity index (χ3n) is 2.92. The van der Waals surface area contributed by atoms with Crippen molar-refractivity contribution in [2.24, 2.45) is 5.41 Å². The van der Waals surface area contributed by atoms with Gasteiger partial charge in [0.15, 0.2) is 0 Å². The minimum atomic E-state index is -0.503. The highest BCUT2D eigenvalue weighted by atomic mass is 16.3. The fourth-order valence-corrected chi connectivity index (χ4v) is 1.32. The zero-order valence-electron chi connectivity index (χ0n) is 11.4. The molecule has 0 fully saturated rings. The monoisotopic (exact) mass is 251 g/mol. The van der Waals surface area contributed by atoms with Gasteiger partial charge in [-0.05, 0) is 24.5 Å². The summed E-state index contributed by atoms with van der Waals surface area (Å²) in [5.74, 6) is 0.325. The highest BCUT2D eigenvalue weighted by Crippen LogP contribution is 2.24. The standard InChI is InChI=1S/C14H21NO3/c1-10(14(2,3)4)8-13(17)15-11(9-16)12-6-5-7-18-12/h5-8,11,16H,9H2,1-4H3,(H,15,17)/b10-8-. The lowest BCUT2D eigenvalue weighted by atomic mass is 9.87. The van der Waals surface area contributed by atoms with Crippen LogP contribution in [-0.4, -0.2) is 17.6 Å². The number of rotatable bonds is 4. The van der Waals surface area contributed by atoms with E-state index in [1.165, 1.54) is 6.26 Å². The molecule has 4 heteroatoms. The van der Waals surface area contributed by atoms with E-state index in [9.17, 15) is 9.90 Å². The predicted octanol–water partition coefficient (Wildman–Crippen LogP) is 2.42. The number of aliphatic hydroxyl groups is 1. The summed E-state index contributed by atoms with van der Waals surface area (Å²) in [4.78, 5) is 11.8. The summed E-state index contributed by atoms with van der Waals surface area (Å²) >= 11 is 0. The number of carbonyl (C=O) groups is 1. The number of aliphatic hydroxyl groups excluding tert-OH is 1. The minimum absolute atomic E-state index is 0.0449. The normalized spacial score (nSPS) is 14.4. The van der Waals surface area contributed by atoms with Crippen LogP contribution in [0.4, 0.5) is 0 Å². The van der Waals surface area contributed by atoms with Crippen LogP contribution in [0.5, 0.6) is 0 Å². The summed E-state index contributed by atoms with van der Waals surface area (Å²) in [6, 6.07) is 2.94. The number of allylic oxidation sites excluding steroid dienone is 1. The van der Waals surface area contributed by atoms with E-state index in [2.05, 4.69) is 5.32 Å². The predicted molar refractivity (Wildman–Crippen MR) is 69.9 cm³/mol. The van der Waals surface area contributed by atoms with E-state index in [4.69, 9.17) is 4.42 Å². The van der Waals surface area contributed by atoms with Crippen molar-refractivity contribution in [3.05, 3.63) is 35.8 Å². The average molecular weight is 251 g/mol. The number of furan rings is 1. The molecule has 0 bridgehead atoms. The Morgan fingerprint density at radius 2 is 2.22 bits per heavy atom. The van der Waals surface area contributed by atoms with E-state index in [1.54, 1.807) is 18.2 Å². The highest BCUT2D eigenvalue weighted by Gasteiger charge is 2.17. The Bertz CT molecular complexity index is 413. The molecule has 100 valence electrons. The molecule has 0 aliphatic heterocycles. The quantitative estimate of drug-likeness (QED) is 0.808. The van der Waals surface area contributed by atoms with E-state index in [0.29, 0.717) is 5.76 Å². The largest absolute Gasteiger partial charge is 0.467 e. The second kappa shape index (κ2) is 5.87. The van der Waals surface area contributed by atoms with Crippen LogP contribution in [0.3, 0.4) is 0 Å². The van der Waals surface area contributed by atoms with Gasteiger partial charge in [-0.3, -0.25) is 4.79 Å². The topological polar surface area (TPSA) is 62.5 Å². The molecule has 0 aromatic carbocycles. The SMILES string of the molecule is C/C(=C/C(=O)NC(CO)c1ccco1)C(C)(C)C. The number of amides is 1. The molecule has 2 N–H and O–H groups in total. The van der Waals surface area contributed by atoms with Gasteiger partial charge in [-0.15, -0.1) is 0 Å². The molecule has 0 spiro atoms. The Hall–Kier alpha value is -1.55. The Labute approximate surface area is 108 Å². The lowest BCUT2D eigenvalue weighted by Crippen LogP contribution is -2.29. The molecule has 1 unspecified atom stereocenters. The molecule has 1 atom stereocenters. The zero-order chi connectivity index (χ0) is 13.8. The smallest absolute Gasteiger partial charge is 0.244 e. The molecule has 1 rings (SSSR count). The second-order valence-corrected chi connectivity index (χ2v) is 5.34. The fourth-order valence-electron chi connectivity index (χ4n) is 1.32. The number of nitrogens with one attached hydrogen (secondary N) is 1. The van der Waals surface area contributed by atoms with Crippen molar-refractivity contribution in [3.63, 3.8) is 0 Å². The maximum absolute atomic E-state index is 11.8. The van der Waals surface area contributed by atoms with Crippen LogP contribution in [0, 0.1) is 5.41 Å². The summed E-state index contributed by atoms with van der Waals surface area (Å²) in [6.07, 6.45) is 3.08. The van der Waals surface area contributed by atoms with Crippen molar-refractivity contribution < 1.29 is 14.3 Å². The number of hydrogen-bond acceptors (Lipinski definition) is 3. The molecule has 18 heavy (non-hydrogen) atoms. The van der Waals surface area contributed by atoms with Gasteiger partial charge in [0.05, 0.1) is 12.9 Å². The molecule has 0 aliphatic carbocycles. The van der Waals surface area contributed by atoms with Crippen LogP contribution in [0.1, 0.15) is 39.5 Å². The lowest BCUT2D eigenvalue weighted by molar-refractivity contribution is -0.117. The van der Waals surface area contributed by atoms with Gasteiger partial charge in [-0.2, -0.15) is 0 Å². The van der Waals surface area contributed by atoms with Crippen molar-refractivity contribution in [1.82, 2.24) is 5.32 Å². The summed E-state index contributed by atoms with van der Waals surface area (Å²) in [7, 11) is 0. The van der Waals surface area contributed by atoms with Crippen molar-refractivity contribution in [2.75, 3.05) is 6.61 Å². The summed E-state index contributed by atoms with van der Waals surface area (Å²) in [5, 5.41) is 12.0. The average Bonchev–Trinajstić information content (AvgIpc) is 2.77. The van der Waals surface area contributed by atoms with Crippen molar-refractivity contribution in [3.8, 4) is 0 Å². The number of hydrogen-bond donors (Lipinski definition) is 2. The van der Waals surface area contributed by atoms with Crippen LogP contribution in [0.2, 0.25) is 0 Å². The van der Waals surface area contributed by atoms with Crippen LogP contribution in [-0.2, 0) is 4.79 Å². The molecule has 1 aromatic rings. The summed E-state index contributed by atoms with van der Waals surface area (Å²) < 4.78 is 5.16. The Balaban J connectivity index is 2.70. The Kier molecular flexibility index (Phi) is 4.73. The maximum atomic E-state index is 11.8. The summed E-state index contributed by atoms with van der Waals surface area (Å²) in [6.45, 7) is 7.86. The second-order valence-electron chi connectivity index (χ2n) is 5.34. The van der Waals surface area contributed by atoms with Gasteiger partial charge in [0.25, 0.3) is 0 Å². The van der Waals surface area contributed by atoms with Crippen molar-refractivity contribution in [2.45, 2.75) is 33.7 Å². The van der Waals surface area contributed by atoms with E-state index in [1.807, 2.05) is 27.7 Å². The van der Waals surface area contributed by atoms with Crippen LogP contribution < -0.4 is 5.32 Å². The summed E-state index contributed by atoms with van der Waals surface area (Å²) in [5.41, 5.74) is 0.938. The molecular formula is C14H21NO3.